The molecule has 9 heteroatoms. The van der Waals surface area contributed by atoms with Crippen LogP contribution in [0.3, 0.4) is 0 Å². The van der Waals surface area contributed by atoms with Gasteiger partial charge in [-0.05, 0) is 38.8 Å². The van der Waals surface area contributed by atoms with E-state index in [2.05, 4.69) is 11.2 Å². The van der Waals surface area contributed by atoms with Crippen molar-refractivity contribution >= 4 is 28.8 Å². The number of hydrogen-bond donors (Lipinski definition) is 2. The maximum Gasteiger partial charge on any atom is 0.505 e. The zero-order chi connectivity index (χ0) is 17.7. The van der Waals surface area contributed by atoms with E-state index in [4.69, 9.17) is 13.3 Å². The van der Waals surface area contributed by atoms with Gasteiger partial charge in [0.1, 0.15) is 10.6 Å². The Kier molecular flexibility index (Phi) is 7.59. The van der Waals surface area contributed by atoms with E-state index < -0.39 is 17.6 Å². The van der Waals surface area contributed by atoms with Crippen LogP contribution in [0.2, 0.25) is 0 Å². The van der Waals surface area contributed by atoms with Gasteiger partial charge in [-0.15, -0.1) is 0 Å². The molecule has 0 amide bonds. The van der Waals surface area contributed by atoms with Crippen LogP contribution in [-0.4, -0.2) is 42.5 Å². The van der Waals surface area contributed by atoms with Gasteiger partial charge in [0.05, 0.1) is 0 Å². The third-order valence-electron chi connectivity index (χ3n) is 3.17. The summed E-state index contributed by atoms with van der Waals surface area (Å²) >= 11 is 4.69. The van der Waals surface area contributed by atoms with E-state index in [-0.39, 0.29) is 16.7 Å². The van der Waals surface area contributed by atoms with E-state index >= 15 is 0 Å². The second-order valence-electron chi connectivity index (χ2n) is 4.85. The monoisotopic (exact) mass is 380 g/mol. The number of benzene rings is 1. The van der Waals surface area contributed by atoms with Crippen molar-refractivity contribution in [3.8, 4) is 5.75 Å². The number of rotatable bonds is 9. The Bertz CT molecular complexity index is 615. The summed E-state index contributed by atoms with van der Waals surface area (Å²) in [5.41, 5.74) is 0.893. The minimum atomic E-state index is -3.76. The Hall–Kier alpha value is -0.553. The average molecular weight is 381 g/mol. The molecule has 0 saturated carbocycles. The molecule has 0 saturated heterocycles. The number of phenols is 1. The zero-order valence-electron chi connectivity index (χ0n) is 13.8. The van der Waals surface area contributed by atoms with Crippen LogP contribution in [0.25, 0.3) is 0 Å². The lowest BCUT2D eigenvalue weighted by atomic mass is 10.1. The van der Waals surface area contributed by atoms with Crippen molar-refractivity contribution in [3.63, 3.8) is 0 Å². The van der Waals surface area contributed by atoms with Crippen molar-refractivity contribution in [2.75, 3.05) is 19.8 Å². The molecule has 1 atom stereocenters. The first-order valence-corrected chi connectivity index (χ1v) is 11.8. The van der Waals surface area contributed by atoms with Crippen molar-refractivity contribution in [2.45, 2.75) is 38.6 Å². The Morgan fingerprint density at radius 1 is 1.13 bits per heavy atom. The van der Waals surface area contributed by atoms with E-state index in [1.807, 2.05) is 20.8 Å². The standard InChI is InChI=1S/C14H24O6S2Si/c1-5-18-23(19-6-2,20-7-3)10-12-9-8-11(4)13(15)14(12)22(16,17)21/h8-9,15H,5-7,10H2,1-4H3,(H,16,17,21). The zero-order valence-corrected chi connectivity index (χ0v) is 16.5. The fourth-order valence-electron chi connectivity index (χ4n) is 2.31. The molecule has 0 aromatic heterocycles. The summed E-state index contributed by atoms with van der Waals surface area (Å²) < 4.78 is 39.2. The SMILES string of the molecule is CCO[Si](Cc1ccc(C)c(O)c1S(=O)(O)=S)(OCC)OCC. The molecule has 0 heterocycles. The summed E-state index contributed by atoms with van der Waals surface area (Å²) in [7, 11) is -6.85. The molecule has 1 rings (SSSR count). The molecular formula is C14H24O6S2Si. The molecule has 0 fully saturated rings. The minimum Gasteiger partial charge on any atom is -0.506 e. The van der Waals surface area contributed by atoms with E-state index in [1.54, 1.807) is 19.1 Å². The maximum atomic E-state index is 12.0. The van der Waals surface area contributed by atoms with E-state index in [9.17, 15) is 13.9 Å². The average Bonchev–Trinajstić information content (AvgIpc) is 2.42. The minimum absolute atomic E-state index is 0.150. The molecule has 2 N–H and O–H groups in total. The van der Waals surface area contributed by atoms with Crippen LogP contribution in [0.5, 0.6) is 5.75 Å². The van der Waals surface area contributed by atoms with Gasteiger partial charge in [-0.2, -0.15) is 0 Å². The quantitative estimate of drug-likeness (QED) is 0.636. The van der Waals surface area contributed by atoms with Gasteiger partial charge in [-0.3, -0.25) is 0 Å². The Morgan fingerprint density at radius 2 is 1.61 bits per heavy atom. The van der Waals surface area contributed by atoms with Crippen LogP contribution in [0.4, 0.5) is 0 Å². The molecule has 1 aromatic carbocycles. The van der Waals surface area contributed by atoms with E-state index in [1.165, 1.54) is 0 Å². The van der Waals surface area contributed by atoms with Gasteiger partial charge in [0.15, 0.2) is 8.77 Å². The van der Waals surface area contributed by atoms with Gasteiger partial charge in [0, 0.05) is 37.1 Å². The van der Waals surface area contributed by atoms with Gasteiger partial charge < -0.3 is 22.9 Å². The molecular weight excluding hydrogens is 356 g/mol. The molecule has 0 bridgehead atoms. The highest BCUT2D eigenvalue weighted by Crippen LogP contribution is 2.32. The first kappa shape index (κ1) is 20.5. The van der Waals surface area contributed by atoms with Crippen LogP contribution in [0, 0.1) is 6.92 Å². The summed E-state index contributed by atoms with van der Waals surface area (Å²) in [5.74, 6) is -0.266. The second-order valence-corrected chi connectivity index (χ2v) is 10.2. The van der Waals surface area contributed by atoms with Crippen LogP contribution < -0.4 is 0 Å². The van der Waals surface area contributed by atoms with Gasteiger partial charge in [0.25, 0.3) is 0 Å². The van der Waals surface area contributed by atoms with Crippen molar-refractivity contribution in [3.05, 3.63) is 23.3 Å². The van der Waals surface area contributed by atoms with Gasteiger partial charge in [-0.25, -0.2) is 4.21 Å². The summed E-state index contributed by atoms with van der Waals surface area (Å²) in [6, 6.07) is 3.49. The normalized spacial score (nSPS) is 14.7. The Labute approximate surface area is 143 Å². The summed E-state index contributed by atoms with van der Waals surface area (Å²) in [5, 5.41) is 10.2. The Balaban J connectivity index is 3.41. The summed E-state index contributed by atoms with van der Waals surface area (Å²) in [4.78, 5) is -0.150. The molecule has 6 nitrogen and oxygen atoms in total. The molecule has 23 heavy (non-hydrogen) atoms. The van der Waals surface area contributed by atoms with E-state index in [0.717, 1.165) is 0 Å². The van der Waals surface area contributed by atoms with Crippen LogP contribution in [-0.2, 0) is 39.3 Å². The highest BCUT2D eigenvalue weighted by molar-refractivity contribution is 8.29. The van der Waals surface area contributed by atoms with Crippen LogP contribution in [0.1, 0.15) is 31.9 Å². The number of hydrogen-bond acceptors (Lipinski definition) is 6. The molecule has 1 aromatic rings. The first-order chi connectivity index (χ1) is 10.7. The smallest absolute Gasteiger partial charge is 0.505 e. The summed E-state index contributed by atoms with van der Waals surface area (Å²) in [6.45, 7) is 8.30. The van der Waals surface area contributed by atoms with Crippen molar-refractivity contribution in [2.24, 2.45) is 0 Å². The number of aromatic hydroxyl groups is 1. The van der Waals surface area contributed by atoms with Crippen LogP contribution in [0.15, 0.2) is 17.0 Å². The fraction of sp³-hybridized carbons (Fsp3) is 0.571. The Morgan fingerprint density at radius 3 is 2.00 bits per heavy atom. The van der Waals surface area contributed by atoms with E-state index in [0.29, 0.717) is 30.9 Å². The van der Waals surface area contributed by atoms with Gasteiger partial charge in [-0.1, -0.05) is 12.1 Å². The lowest BCUT2D eigenvalue weighted by Gasteiger charge is -2.29. The van der Waals surface area contributed by atoms with Crippen molar-refractivity contribution < 1.29 is 27.1 Å². The lowest BCUT2D eigenvalue weighted by Crippen LogP contribution is -2.49. The van der Waals surface area contributed by atoms with Crippen molar-refractivity contribution in [1.29, 1.82) is 0 Å². The topological polar surface area (TPSA) is 85.2 Å². The highest BCUT2D eigenvalue weighted by atomic mass is 32.8. The third-order valence-corrected chi connectivity index (χ3v) is 7.64. The highest BCUT2D eigenvalue weighted by Gasteiger charge is 2.42. The number of aryl methyl sites for hydroxylation is 1. The van der Waals surface area contributed by atoms with Crippen LogP contribution >= 0.6 is 0 Å². The molecule has 0 radical (unpaired) electrons. The predicted molar refractivity (Wildman–Crippen MR) is 93.6 cm³/mol. The number of phenolic OH excluding ortho intramolecular Hbond substituents is 1. The molecule has 0 aliphatic heterocycles. The first-order valence-electron chi connectivity index (χ1n) is 7.41. The maximum absolute atomic E-state index is 12.0. The largest absolute Gasteiger partial charge is 0.506 e. The predicted octanol–water partition coefficient (Wildman–Crippen LogP) is 2.41. The fourth-order valence-corrected chi connectivity index (χ4v) is 6.51. The molecule has 1 unspecified atom stereocenters. The molecule has 0 aliphatic carbocycles. The van der Waals surface area contributed by atoms with Gasteiger partial charge in [0.2, 0.25) is 0 Å². The molecule has 132 valence electrons. The van der Waals surface area contributed by atoms with Crippen molar-refractivity contribution in [1.82, 2.24) is 0 Å². The second kappa shape index (κ2) is 8.52. The third kappa shape index (κ3) is 5.21. The van der Waals surface area contributed by atoms with Gasteiger partial charge >= 0.3 is 8.80 Å². The molecule has 0 aliphatic rings. The molecule has 0 spiro atoms. The lowest BCUT2D eigenvalue weighted by molar-refractivity contribution is 0.0702. The summed E-state index contributed by atoms with van der Waals surface area (Å²) in [6.07, 6.45) is 0.